The number of carbonyl (C=O) groups excluding carboxylic acids is 3. The molecule has 102 valence electrons. The molecule has 2 N–H and O–H groups in total. The summed E-state index contributed by atoms with van der Waals surface area (Å²) < 4.78 is 0. The van der Waals surface area contributed by atoms with Crippen molar-refractivity contribution in [2.24, 2.45) is 5.73 Å². The van der Waals surface area contributed by atoms with E-state index in [-0.39, 0.29) is 42.4 Å². The standard InChI is InChI=1S/C13H16N2O4.Na/c1-9(16)15(10-5-3-2-4-6-10)11(13(18)19)7-8-12(14)17;/h2-6,11H,7-8H2,1H3,(H2,14,17)(H,18,19);/q;+1/p-1/t11-;/m0./s1. The Morgan fingerprint density at radius 2 is 1.80 bits per heavy atom. The first-order valence-electron chi connectivity index (χ1n) is 5.77. The van der Waals surface area contributed by atoms with Crippen molar-refractivity contribution in [3.8, 4) is 0 Å². The minimum absolute atomic E-state index is 0. The predicted octanol–water partition coefficient (Wildman–Crippen LogP) is -3.57. The van der Waals surface area contributed by atoms with Crippen molar-refractivity contribution < 1.29 is 49.0 Å². The Morgan fingerprint density at radius 1 is 1.25 bits per heavy atom. The average Bonchev–Trinajstić information content (AvgIpc) is 2.34. The van der Waals surface area contributed by atoms with Gasteiger partial charge in [0, 0.05) is 19.0 Å². The third kappa shape index (κ3) is 5.32. The van der Waals surface area contributed by atoms with Crippen molar-refractivity contribution in [2.75, 3.05) is 4.90 Å². The zero-order chi connectivity index (χ0) is 14.4. The van der Waals surface area contributed by atoms with Crippen LogP contribution in [0.15, 0.2) is 30.3 Å². The number of carboxylic acids is 1. The number of hydrogen-bond donors (Lipinski definition) is 1. The molecule has 20 heavy (non-hydrogen) atoms. The van der Waals surface area contributed by atoms with Gasteiger partial charge in [-0.3, -0.25) is 9.59 Å². The number of carboxylic acid groups (broad SMARTS) is 1. The van der Waals surface area contributed by atoms with E-state index in [9.17, 15) is 19.5 Å². The van der Waals surface area contributed by atoms with Crippen molar-refractivity contribution in [1.29, 1.82) is 0 Å². The molecule has 1 aromatic rings. The van der Waals surface area contributed by atoms with E-state index < -0.39 is 23.8 Å². The molecule has 1 aromatic carbocycles. The number of aliphatic carboxylic acids is 1. The Bertz CT molecular complexity index is 479. The van der Waals surface area contributed by atoms with E-state index in [4.69, 9.17) is 5.73 Å². The second kappa shape index (κ2) is 8.73. The first-order valence-corrected chi connectivity index (χ1v) is 5.77. The molecule has 0 aliphatic carbocycles. The van der Waals surface area contributed by atoms with Crippen LogP contribution in [-0.2, 0) is 14.4 Å². The summed E-state index contributed by atoms with van der Waals surface area (Å²) in [4.78, 5) is 34.7. The van der Waals surface area contributed by atoms with Crippen molar-refractivity contribution in [3.05, 3.63) is 30.3 Å². The molecule has 1 rings (SSSR count). The molecule has 2 amide bonds. The van der Waals surface area contributed by atoms with Crippen molar-refractivity contribution in [1.82, 2.24) is 0 Å². The van der Waals surface area contributed by atoms with Gasteiger partial charge in [0.25, 0.3) is 0 Å². The normalized spacial score (nSPS) is 11.1. The van der Waals surface area contributed by atoms with Crippen LogP contribution >= 0.6 is 0 Å². The fourth-order valence-electron chi connectivity index (χ4n) is 1.80. The average molecular weight is 286 g/mol. The van der Waals surface area contributed by atoms with Gasteiger partial charge in [-0.15, -0.1) is 0 Å². The van der Waals surface area contributed by atoms with Crippen LogP contribution in [-0.4, -0.2) is 23.8 Å². The van der Waals surface area contributed by atoms with Crippen LogP contribution in [0, 0.1) is 0 Å². The summed E-state index contributed by atoms with van der Waals surface area (Å²) in [5.41, 5.74) is 5.44. The summed E-state index contributed by atoms with van der Waals surface area (Å²) in [6.45, 7) is 1.26. The molecular formula is C13H15N2NaO4. The van der Waals surface area contributed by atoms with Crippen LogP contribution in [0.4, 0.5) is 5.69 Å². The molecule has 7 heteroatoms. The number of para-hydroxylation sites is 1. The van der Waals surface area contributed by atoms with Crippen LogP contribution in [0.3, 0.4) is 0 Å². The van der Waals surface area contributed by atoms with Crippen LogP contribution in [0.25, 0.3) is 0 Å². The summed E-state index contributed by atoms with van der Waals surface area (Å²) >= 11 is 0. The molecule has 0 unspecified atom stereocenters. The summed E-state index contributed by atoms with van der Waals surface area (Å²) in [6, 6.07) is 7.13. The molecular weight excluding hydrogens is 271 g/mol. The van der Waals surface area contributed by atoms with Gasteiger partial charge < -0.3 is 20.5 Å². The molecule has 0 fully saturated rings. The van der Waals surface area contributed by atoms with Gasteiger partial charge in [0.05, 0.1) is 12.0 Å². The number of amides is 2. The SMILES string of the molecule is CC(=O)N(c1ccccc1)[C@@H](CCC(N)=O)C(=O)[O-].[Na+]. The minimum Gasteiger partial charge on any atom is -0.548 e. The molecule has 0 spiro atoms. The van der Waals surface area contributed by atoms with Gasteiger partial charge in [-0.25, -0.2) is 0 Å². The van der Waals surface area contributed by atoms with Crippen LogP contribution in [0.5, 0.6) is 0 Å². The zero-order valence-electron chi connectivity index (χ0n) is 11.5. The maximum Gasteiger partial charge on any atom is 1.00 e. The van der Waals surface area contributed by atoms with Gasteiger partial charge in [-0.05, 0) is 18.6 Å². The molecule has 6 nitrogen and oxygen atoms in total. The molecule has 0 heterocycles. The van der Waals surface area contributed by atoms with Gasteiger partial charge in [0.15, 0.2) is 0 Å². The largest absolute Gasteiger partial charge is 1.00 e. The van der Waals surface area contributed by atoms with Crippen LogP contribution in [0.1, 0.15) is 19.8 Å². The number of benzene rings is 1. The van der Waals surface area contributed by atoms with E-state index in [1.807, 2.05) is 0 Å². The Balaban J connectivity index is 0.00000361. The molecule has 0 aliphatic rings. The summed E-state index contributed by atoms with van der Waals surface area (Å²) in [5.74, 6) is -2.48. The number of anilines is 1. The quantitative estimate of drug-likeness (QED) is 0.546. The Hall–Kier alpha value is -1.37. The summed E-state index contributed by atoms with van der Waals surface area (Å²) in [5, 5.41) is 11.2. The summed E-state index contributed by atoms with van der Waals surface area (Å²) in [7, 11) is 0. The molecule has 0 saturated carbocycles. The number of rotatable bonds is 6. The van der Waals surface area contributed by atoms with E-state index in [0.29, 0.717) is 5.69 Å². The first-order chi connectivity index (χ1) is 8.93. The maximum absolute atomic E-state index is 11.7. The topological polar surface area (TPSA) is 104 Å². The zero-order valence-corrected chi connectivity index (χ0v) is 13.5. The number of nitrogens with zero attached hydrogens (tertiary/aromatic N) is 1. The number of carbonyl (C=O) groups is 3. The summed E-state index contributed by atoms with van der Waals surface area (Å²) in [6.07, 6.45) is -0.207. The monoisotopic (exact) mass is 286 g/mol. The number of hydrogen-bond acceptors (Lipinski definition) is 4. The van der Waals surface area contributed by atoms with Gasteiger partial charge >= 0.3 is 29.6 Å². The third-order valence-electron chi connectivity index (χ3n) is 2.62. The molecule has 0 aromatic heterocycles. The number of nitrogens with two attached hydrogens (primary N) is 1. The minimum atomic E-state index is -1.42. The molecule has 0 bridgehead atoms. The molecule has 0 aliphatic heterocycles. The van der Waals surface area contributed by atoms with E-state index in [0.717, 1.165) is 4.90 Å². The van der Waals surface area contributed by atoms with E-state index in [1.165, 1.54) is 6.92 Å². The fourth-order valence-corrected chi connectivity index (χ4v) is 1.80. The molecule has 0 radical (unpaired) electrons. The third-order valence-corrected chi connectivity index (χ3v) is 2.62. The Kier molecular flexibility index (Phi) is 8.13. The second-order valence-electron chi connectivity index (χ2n) is 4.06. The predicted molar refractivity (Wildman–Crippen MR) is 66.8 cm³/mol. The van der Waals surface area contributed by atoms with E-state index in [2.05, 4.69) is 0 Å². The van der Waals surface area contributed by atoms with E-state index in [1.54, 1.807) is 30.3 Å². The van der Waals surface area contributed by atoms with Gasteiger partial charge in [0.1, 0.15) is 0 Å². The van der Waals surface area contributed by atoms with Gasteiger partial charge in [-0.2, -0.15) is 0 Å². The van der Waals surface area contributed by atoms with Crippen molar-refractivity contribution in [3.63, 3.8) is 0 Å². The fraction of sp³-hybridized carbons (Fsp3) is 0.308. The second-order valence-corrected chi connectivity index (χ2v) is 4.06. The molecule has 0 saturated heterocycles. The number of primary amides is 1. The van der Waals surface area contributed by atoms with Crippen molar-refractivity contribution in [2.45, 2.75) is 25.8 Å². The Labute approximate surface area is 139 Å². The smallest absolute Gasteiger partial charge is 0.548 e. The van der Waals surface area contributed by atoms with Crippen molar-refractivity contribution >= 4 is 23.5 Å². The molecule has 1 atom stereocenters. The maximum atomic E-state index is 11.7. The van der Waals surface area contributed by atoms with Gasteiger partial charge in [-0.1, -0.05) is 18.2 Å². The van der Waals surface area contributed by atoms with Gasteiger partial charge in [0.2, 0.25) is 11.8 Å². The van der Waals surface area contributed by atoms with Crippen LogP contribution in [0.2, 0.25) is 0 Å². The van der Waals surface area contributed by atoms with Crippen LogP contribution < -0.4 is 45.3 Å². The van der Waals surface area contributed by atoms with E-state index >= 15 is 0 Å². The Morgan fingerprint density at radius 3 is 2.20 bits per heavy atom. The first kappa shape index (κ1) is 18.6.